The summed E-state index contributed by atoms with van der Waals surface area (Å²) in [6, 6.07) is 11.7. The number of ketones is 1. The molecule has 6 heteroatoms. The topological polar surface area (TPSA) is 69.5 Å². The number of carbonyl (C=O) groups excluding carboxylic acids is 1. The standard InChI is InChI=1S/C16H9F2N3O/c17-11-6-5-9(7-12(11)18)15(22)10(8-19)16-20-13-3-1-2-4-14(13)21-16/h1-7,10H,(H,20,21). The molecule has 0 fully saturated rings. The highest BCUT2D eigenvalue weighted by atomic mass is 19.2. The molecule has 0 saturated carbocycles. The van der Waals surface area contributed by atoms with E-state index in [1.54, 1.807) is 24.3 Å². The van der Waals surface area contributed by atoms with Crippen molar-refractivity contribution in [1.29, 1.82) is 5.26 Å². The number of imidazole rings is 1. The van der Waals surface area contributed by atoms with Crippen LogP contribution in [0.4, 0.5) is 8.78 Å². The number of Topliss-reactive ketones (excluding diaryl/α,β-unsaturated/α-hetero) is 1. The number of H-pyrrole nitrogens is 1. The fraction of sp³-hybridized carbons (Fsp3) is 0.0625. The molecule has 1 heterocycles. The lowest BCUT2D eigenvalue weighted by Crippen LogP contribution is -2.13. The molecule has 0 amide bonds. The van der Waals surface area contributed by atoms with Crippen LogP contribution < -0.4 is 0 Å². The highest BCUT2D eigenvalue weighted by molar-refractivity contribution is 6.02. The minimum Gasteiger partial charge on any atom is -0.340 e. The number of carbonyl (C=O) groups is 1. The van der Waals surface area contributed by atoms with Crippen LogP contribution in [-0.4, -0.2) is 15.8 Å². The van der Waals surface area contributed by atoms with Crippen molar-refractivity contribution in [2.45, 2.75) is 5.92 Å². The molecule has 0 spiro atoms. The van der Waals surface area contributed by atoms with Crippen LogP contribution in [0.3, 0.4) is 0 Å². The van der Waals surface area contributed by atoms with Crippen LogP contribution >= 0.6 is 0 Å². The average molecular weight is 297 g/mol. The average Bonchev–Trinajstić information content (AvgIpc) is 2.94. The van der Waals surface area contributed by atoms with Crippen molar-refractivity contribution in [3.8, 4) is 6.07 Å². The van der Waals surface area contributed by atoms with Gasteiger partial charge in [-0.25, -0.2) is 13.8 Å². The molecule has 0 aliphatic carbocycles. The van der Waals surface area contributed by atoms with Gasteiger partial charge in [-0.1, -0.05) is 12.1 Å². The molecule has 1 N–H and O–H groups in total. The normalized spacial score (nSPS) is 12.0. The summed E-state index contributed by atoms with van der Waals surface area (Å²) in [5.74, 6) is -3.85. The van der Waals surface area contributed by atoms with E-state index in [4.69, 9.17) is 0 Å². The first kappa shape index (κ1) is 13.9. The number of fused-ring (bicyclic) bond motifs is 1. The maximum Gasteiger partial charge on any atom is 0.187 e. The van der Waals surface area contributed by atoms with Gasteiger partial charge in [-0.3, -0.25) is 4.79 Å². The van der Waals surface area contributed by atoms with Crippen molar-refractivity contribution in [2.75, 3.05) is 0 Å². The lowest BCUT2D eigenvalue weighted by molar-refractivity contribution is 0.0976. The predicted octanol–water partition coefficient (Wildman–Crippen LogP) is 3.33. The third-order valence-corrected chi connectivity index (χ3v) is 3.28. The number of benzene rings is 2. The molecule has 3 aromatic rings. The van der Waals surface area contributed by atoms with Crippen LogP contribution in [0.15, 0.2) is 42.5 Å². The minimum atomic E-state index is -1.21. The largest absolute Gasteiger partial charge is 0.340 e. The van der Waals surface area contributed by atoms with Crippen molar-refractivity contribution in [1.82, 2.24) is 9.97 Å². The Morgan fingerprint density at radius 2 is 1.95 bits per heavy atom. The zero-order valence-corrected chi connectivity index (χ0v) is 11.2. The molecule has 22 heavy (non-hydrogen) atoms. The number of aromatic amines is 1. The van der Waals surface area contributed by atoms with E-state index in [-0.39, 0.29) is 11.4 Å². The second-order valence-electron chi connectivity index (χ2n) is 4.69. The Bertz CT molecular complexity index is 878. The highest BCUT2D eigenvalue weighted by Gasteiger charge is 2.25. The molecule has 0 aliphatic rings. The third-order valence-electron chi connectivity index (χ3n) is 3.28. The van der Waals surface area contributed by atoms with Crippen molar-refractivity contribution >= 4 is 16.8 Å². The Balaban J connectivity index is 2.01. The summed E-state index contributed by atoms with van der Waals surface area (Å²) in [5.41, 5.74) is 1.23. The molecule has 1 unspecified atom stereocenters. The molecule has 3 rings (SSSR count). The van der Waals surface area contributed by atoms with Gasteiger partial charge in [0.15, 0.2) is 23.3 Å². The van der Waals surface area contributed by atoms with Gasteiger partial charge in [0.2, 0.25) is 0 Å². The molecule has 108 valence electrons. The lowest BCUT2D eigenvalue weighted by Gasteiger charge is -2.05. The Kier molecular flexibility index (Phi) is 3.39. The van der Waals surface area contributed by atoms with Gasteiger partial charge in [0.1, 0.15) is 5.82 Å². The molecule has 0 radical (unpaired) electrons. The second-order valence-corrected chi connectivity index (χ2v) is 4.69. The van der Waals surface area contributed by atoms with E-state index < -0.39 is 23.3 Å². The number of hydrogen-bond donors (Lipinski definition) is 1. The van der Waals surface area contributed by atoms with E-state index >= 15 is 0 Å². The summed E-state index contributed by atoms with van der Waals surface area (Å²) in [4.78, 5) is 19.4. The first-order valence-electron chi connectivity index (χ1n) is 6.43. The number of hydrogen-bond acceptors (Lipinski definition) is 3. The van der Waals surface area contributed by atoms with Gasteiger partial charge < -0.3 is 4.98 Å². The number of nitriles is 1. The van der Waals surface area contributed by atoms with Crippen LogP contribution in [0.25, 0.3) is 11.0 Å². The fourth-order valence-electron chi connectivity index (χ4n) is 2.17. The quantitative estimate of drug-likeness (QED) is 0.754. The van der Waals surface area contributed by atoms with Gasteiger partial charge in [-0.15, -0.1) is 0 Å². The number of aromatic nitrogens is 2. The Morgan fingerprint density at radius 1 is 1.18 bits per heavy atom. The van der Waals surface area contributed by atoms with E-state index in [0.717, 1.165) is 18.2 Å². The number of nitrogens with zero attached hydrogens (tertiary/aromatic N) is 2. The maximum atomic E-state index is 13.2. The Hall–Kier alpha value is -3.07. The molecule has 0 saturated heterocycles. The van der Waals surface area contributed by atoms with Gasteiger partial charge in [-0.05, 0) is 30.3 Å². The van der Waals surface area contributed by atoms with Crippen LogP contribution in [0.2, 0.25) is 0 Å². The molecule has 0 aliphatic heterocycles. The van der Waals surface area contributed by atoms with Crippen LogP contribution in [0, 0.1) is 23.0 Å². The first-order chi connectivity index (χ1) is 10.6. The third kappa shape index (κ3) is 2.33. The maximum absolute atomic E-state index is 13.2. The van der Waals surface area contributed by atoms with E-state index in [9.17, 15) is 18.8 Å². The van der Waals surface area contributed by atoms with Crippen molar-refractivity contribution < 1.29 is 13.6 Å². The van der Waals surface area contributed by atoms with E-state index in [0.29, 0.717) is 11.0 Å². The molecule has 2 aromatic carbocycles. The van der Waals surface area contributed by atoms with Crippen LogP contribution in [-0.2, 0) is 0 Å². The molecular weight excluding hydrogens is 288 g/mol. The van der Waals surface area contributed by atoms with Gasteiger partial charge in [0.05, 0.1) is 17.1 Å². The monoisotopic (exact) mass is 297 g/mol. The Morgan fingerprint density at radius 3 is 2.64 bits per heavy atom. The van der Waals surface area contributed by atoms with E-state index in [2.05, 4.69) is 9.97 Å². The number of halogens is 2. The van der Waals surface area contributed by atoms with E-state index in [1.165, 1.54) is 0 Å². The highest BCUT2D eigenvalue weighted by Crippen LogP contribution is 2.22. The van der Waals surface area contributed by atoms with Crippen molar-refractivity contribution in [3.63, 3.8) is 0 Å². The number of para-hydroxylation sites is 2. The SMILES string of the molecule is N#CC(C(=O)c1ccc(F)c(F)c1)c1nc2ccccc2[nH]1. The van der Waals surface area contributed by atoms with Gasteiger partial charge in [0.25, 0.3) is 0 Å². The van der Waals surface area contributed by atoms with Crippen LogP contribution in [0.1, 0.15) is 22.1 Å². The molecule has 0 bridgehead atoms. The smallest absolute Gasteiger partial charge is 0.187 e. The van der Waals surface area contributed by atoms with Gasteiger partial charge in [-0.2, -0.15) is 5.26 Å². The second kappa shape index (κ2) is 5.37. The van der Waals surface area contributed by atoms with E-state index in [1.807, 2.05) is 6.07 Å². The molecule has 1 atom stereocenters. The zero-order chi connectivity index (χ0) is 15.7. The fourth-order valence-corrected chi connectivity index (χ4v) is 2.17. The Labute approximate surface area is 124 Å². The van der Waals surface area contributed by atoms with Crippen LogP contribution in [0.5, 0.6) is 0 Å². The molecule has 4 nitrogen and oxygen atoms in total. The predicted molar refractivity (Wildman–Crippen MR) is 75.1 cm³/mol. The van der Waals surface area contributed by atoms with Gasteiger partial charge in [0, 0.05) is 5.56 Å². The number of nitrogens with one attached hydrogen (secondary N) is 1. The van der Waals surface area contributed by atoms with Crippen molar-refractivity contribution in [2.24, 2.45) is 0 Å². The molecular formula is C16H9F2N3O. The lowest BCUT2D eigenvalue weighted by atomic mass is 9.98. The summed E-state index contributed by atoms with van der Waals surface area (Å²) < 4.78 is 26.2. The summed E-state index contributed by atoms with van der Waals surface area (Å²) in [6.45, 7) is 0. The van der Waals surface area contributed by atoms with Crippen molar-refractivity contribution in [3.05, 3.63) is 65.5 Å². The summed E-state index contributed by atoms with van der Waals surface area (Å²) in [5, 5.41) is 9.26. The first-order valence-corrected chi connectivity index (χ1v) is 6.43. The number of rotatable bonds is 3. The molecule has 1 aromatic heterocycles. The summed E-state index contributed by atoms with van der Waals surface area (Å²) in [6.07, 6.45) is 0. The van der Waals surface area contributed by atoms with Gasteiger partial charge >= 0.3 is 0 Å². The summed E-state index contributed by atoms with van der Waals surface area (Å²) >= 11 is 0. The summed E-state index contributed by atoms with van der Waals surface area (Å²) in [7, 11) is 0. The zero-order valence-electron chi connectivity index (χ0n) is 11.2. The minimum absolute atomic E-state index is 0.0779.